The van der Waals surface area contributed by atoms with Gasteiger partial charge in [-0.15, -0.1) is 0 Å². The molecule has 0 saturated carbocycles. The van der Waals surface area contributed by atoms with Gasteiger partial charge in [-0.25, -0.2) is 5.01 Å². The molecule has 0 radical (unpaired) electrons. The lowest BCUT2D eigenvalue weighted by Gasteiger charge is -2.38. The summed E-state index contributed by atoms with van der Waals surface area (Å²) >= 11 is 6.29. The van der Waals surface area contributed by atoms with E-state index < -0.39 is 11.2 Å². The van der Waals surface area contributed by atoms with Crippen molar-refractivity contribution in [2.24, 2.45) is 5.10 Å². The van der Waals surface area contributed by atoms with Crippen LogP contribution in [0.3, 0.4) is 0 Å². The highest BCUT2D eigenvalue weighted by atomic mass is 35.5. The van der Waals surface area contributed by atoms with E-state index in [-0.39, 0.29) is 11.7 Å². The first-order chi connectivity index (χ1) is 16.0. The van der Waals surface area contributed by atoms with Crippen molar-refractivity contribution in [2.45, 2.75) is 18.7 Å². The Balaban J connectivity index is 1.57. The van der Waals surface area contributed by atoms with Crippen molar-refractivity contribution in [3.05, 3.63) is 92.5 Å². The van der Waals surface area contributed by atoms with Gasteiger partial charge in [0.2, 0.25) is 6.23 Å². The number of hydrogen-bond acceptors (Lipinski definition) is 7. The summed E-state index contributed by atoms with van der Waals surface area (Å²) in [5, 5.41) is 18.5. The summed E-state index contributed by atoms with van der Waals surface area (Å²) in [7, 11) is 3.19. The molecule has 168 valence electrons. The van der Waals surface area contributed by atoms with Gasteiger partial charge in [0.1, 0.15) is 5.75 Å². The zero-order valence-corrected chi connectivity index (χ0v) is 18.7. The van der Waals surface area contributed by atoms with E-state index in [2.05, 4.69) is 0 Å². The molecule has 2 heterocycles. The number of nitrogens with zero attached hydrogens (tertiary/aromatic N) is 3. The monoisotopic (exact) mass is 465 g/mol. The molecule has 3 aromatic rings. The Morgan fingerprint density at radius 3 is 2.52 bits per heavy atom. The van der Waals surface area contributed by atoms with Crippen LogP contribution in [0.15, 0.2) is 65.8 Å². The first-order valence-electron chi connectivity index (χ1n) is 10.3. The second kappa shape index (κ2) is 8.29. The van der Waals surface area contributed by atoms with Crippen molar-refractivity contribution in [2.75, 3.05) is 14.2 Å². The van der Waals surface area contributed by atoms with E-state index in [9.17, 15) is 10.1 Å². The van der Waals surface area contributed by atoms with Gasteiger partial charge in [0.25, 0.3) is 5.69 Å². The number of non-ortho nitro benzene ring substituents is 1. The van der Waals surface area contributed by atoms with Crippen LogP contribution in [0, 0.1) is 10.1 Å². The second-order valence-electron chi connectivity index (χ2n) is 7.72. The van der Waals surface area contributed by atoms with Crippen LogP contribution in [0.1, 0.15) is 35.4 Å². The molecule has 0 spiro atoms. The Kier molecular flexibility index (Phi) is 5.30. The Morgan fingerprint density at radius 2 is 1.82 bits per heavy atom. The molecule has 3 aromatic carbocycles. The summed E-state index contributed by atoms with van der Waals surface area (Å²) in [5.41, 5.74) is 3.51. The minimum Gasteiger partial charge on any atom is -0.493 e. The minimum atomic E-state index is -0.540. The van der Waals surface area contributed by atoms with Crippen molar-refractivity contribution in [3.63, 3.8) is 0 Å². The molecule has 5 rings (SSSR count). The van der Waals surface area contributed by atoms with Crippen molar-refractivity contribution in [1.29, 1.82) is 0 Å². The first kappa shape index (κ1) is 21.1. The zero-order chi connectivity index (χ0) is 23.1. The smallest absolute Gasteiger partial charge is 0.269 e. The van der Waals surface area contributed by atoms with Crippen molar-refractivity contribution >= 4 is 23.0 Å². The fraction of sp³-hybridized carbons (Fsp3) is 0.208. The highest BCUT2D eigenvalue weighted by Gasteiger charge is 2.41. The van der Waals surface area contributed by atoms with Gasteiger partial charge in [0.15, 0.2) is 11.5 Å². The Hall–Kier alpha value is -3.78. The molecule has 0 bridgehead atoms. The third-order valence-corrected chi connectivity index (χ3v) is 6.09. The molecule has 0 aromatic heterocycles. The predicted octanol–water partition coefficient (Wildman–Crippen LogP) is 5.51. The molecular weight excluding hydrogens is 446 g/mol. The Labute approximate surface area is 195 Å². The van der Waals surface area contributed by atoms with Crippen LogP contribution >= 0.6 is 11.6 Å². The van der Waals surface area contributed by atoms with Gasteiger partial charge in [-0.05, 0) is 48.5 Å². The van der Waals surface area contributed by atoms with Crippen molar-refractivity contribution in [1.82, 2.24) is 5.01 Å². The summed E-state index contributed by atoms with van der Waals surface area (Å²) < 4.78 is 17.1. The average Bonchev–Trinajstić information content (AvgIpc) is 3.29. The van der Waals surface area contributed by atoms with Crippen molar-refractivity contribution < 1.29 is 19.1 Å². The van der Waals surface area contributed by atoms with E-state index in [1.54, 1.807) is 32.4 Å². The summed E-state index contributed by atoms with van der Waals surface area (Å²) in [6, 6.07) is 17.5. The fourth-order valence-corrected chi connectivity index (χ4v) is 4.41. The van der Waals surface area contributed by atoms with E-state index in [1.165, 1.54) is 12.1 Å². The number of rotatable bonds is 5. The SMILES string of the molecule is COc1ccc(C2=NN3[C@H](C2)c2cc(Cl)ccc2O[C@H]3c2ccc([N+](=O)[O-])cc2)cc1OC. The highest BCUT2D eigenvalue weighted by molar-refractivity contribution is 6.30. The maximum atomic E-state index is 11.1. The third-order valence-electron chi connectivity index (χ3n) is 5.86. The minimum absolute atomic E-state index is 0.0224. The molecule has 0 N–H and O–H groups in total. The molecule has 0 unspecified atom stereocenters. The van der Waals surface area contributed by atoms with Gasteiger partial charge < -0.3 is 14.2 Å². The standard InChI is InChI=1S/C24H20ClN3O5/c1-31-22-9-5-15(11-23(22)32-2)19-13-20-18-12-16(25)6-10-21(18)33-24(27(20)26-19)14-3-7-17(8-4-14)28(29)30/h3-12,20,24H,13H2,1-2H3/t20-,24+/m1/s1. The van der Waals surface area contributed by atoms with Crippen LogP contribution in [0.25, 0.3) is 0 Å². The first-order valence-corrected chi connectivity index (χ1v) is 10.6. The number of ether oxygens (including phenoxy) is 3. The van der Waals surface area contributed by atoms with E-state index >= 15 is 0 Å². The number of fused-ring (bicyclic) bond motifs is 3. The molecule has 0 amide bonds. The molecule has 2 aliphatic rings. The van der Waals surface area contributed by atoms with Crippen LogP contribution in [-0.4, -0.2) is 29.9 Å². The second-order valence-corrected chi connectivity index (χ2v) is 8.15. The van der Waals surface area contributed by atoms with Gasteiger partial charge in [0.05, 0.1) is 30.9 Å². The maximum Gasteiger partial charge on any atom is 0.269 e. The van der Waals surface area contributed by atoms with E-state index in [0.29, 0.717) is 28.7 Å². The molecule has 0 saturated heterocycles. The largest absolute Gasteiger partial charge is 0.493 e. The van der Waals surface area contributed by atoms with E-state index in [1.807, 2.05) is 35.3 Å². The number of nitro benzene ring substituents is 1. The van der Waals surface area contributed by atoms with Gasteiger partial charge in [0, 0.05) is 40.3 Å². The molecule has 2 aliphatic heterocycles. The summed E-state index contributed by atoms with van der Waals surface area (Å²) in [5.74, 6) is 1.98. The average molecular weight is 466 g/mol. The molecular formula is C24H20ClN3O5. The van der Waals surface area contributed by atoms with Crippen molar-refractivity contribution in [3.8, 4) is 17.2 Å². The van der Waals surface area contributed by atoms with Gasteiger partial charge in [-0.2, -0.15) is 5.10 Å². The molecule has 8 nitrogen and oxygen atoms in total. The van der Waals surface area contributed by atoms with Crippen LogP contribution in [0.2, 0.25) is 5.02 Å². The van der Waals surface area contributed by atoms with Crippen LogP contribution in [-0.2, 0) is 0 Å². The number of benzene rings is 3. The Bertz CT molecular complexity index is 1260. The van der Waals surface area contributed by atoms with E-state index in [4.69, 9.17) is 30.9 Å². The lowest BCUT2D eigenvalue weighted by atomic mass is 9.95. The van der Waals surface area contributed by atoms with Gasteiger partial charge in [-0.1, -0.05) is 11.6 Å². The number of hydrogen-bond donors (Lipinski definition) is 0. The lowest BCUT2D eigenvalue weighted by Crippen LogP contribution is -2.33. The molecule has 0 fully saturated rings. The summed E-state index contributed by atoms with van der Waals surface area (Å²) in [6.07, 6.45) is 0.0949. The van der Waals surface area contributed by atoms with Gasteiger partial charge >= 0.3 is 0 Å². The highest BCUT2D eigenvalue weighted by Crippen LogP contribution is 2.48. The summed E-state index contributed by atoms with van der Waals surface area (Å²) in [4.78, 5) is 10.7. The number of methoxy groups -OCH3 is 2. The zero-order valence-electron chi connectivity index (χ0n) is 17.9. The maximum absolute atomic E-state index is 11.1. The molecule has 0 aliphatic carbocycles. The molecule has 2 atom stereocenters. The number of nitro groups is 1. The van der Waals surface area contributed by atoms with Crippen LogP contribution in [0.5, 0.6) is 17.2 Å². The van der Waals surface area contributed by atoms with E-state index in [0.717, 1.165) is 22.4 Å². The number of hydrazone groups is 1. The number of halogens is 1. The predicted molar refractivity (Wildman–Crippen MR) is 123 cm³/mol. The lowest BCUT2D eigenvalue weighted by molar-refractivity contribution is -0.384. The van der Waals surface area contributed by atoms with Gasteiger partial charge in [-0.3, -0.25) is 10.1 Å². The van der Waals surface area contributed by atoms with Crippen LogP contribution in [0.4, 0.5) is 5.69 Å². The van der Waals surface area contributed by atoms with Crippen LogP contribution < -0.4 is 14.2 Å². The third kappa shape index (κ3) is 3.72. The molecule has 9 heteroatoms. The topological polar surface area (TPSA) is 86.4 Å². The summed E-state index contributed by atoms with van der Waals surface area (Å²) in [6.45, 7) is 0. The quantitative estimate of drug-likeness (QED) is 0.365. The normalized spacial score (nSPS) is 18.6. The Morgan fingerprint density at radius 1 is 1.06 bits per heavy atom. The fourth-order valence-electron chi connectivity index (χ4n) is 4.23. The molecule has 33 heavy (non-hydrogen) atoms.